The molecule has 1 heterocycles. The van der Waals surface area contributed by atoms with Gasteiger partial charge in [-0.05, 0) is 26.2 Å². The van der Waals surface area contributed by atoms with Crippen molar-refractivity contribution in [2.45, 2.75) is 38.1 Å². The van der Waals surface area contributed by atoms with Crippen molar-refractivity contribution in [3.05, 3.63) is 24.3 Å². The van der Waals surface area contributed by atoms with Crippen molar-refractivity contribution >= 4 is 5.71 Å². The first-order valence-electron chi connectivity index (χ1n) is 5.74. The van der Waals surface area contributed by atoms with Crippen LogP contribution in [0.1, 0.15) is 32.6 Å². The zero-order valence-corrected chi connectivity index (χ0v) is 8.74. The molecule has 0 amide bonds. The predicted molar refractivity (Wildman–Crippen MR) is 59.6 cm³/mol. The molecule has 0 saturated heterocycles. The predicted octanol–water partition coefficient (Wildman–Crippen LogP) is 3.13. The van der Waals surface area contributed by atoms with Gasteiger partial charge in [0.05, 0.1) is 5.54 Å². The molecule has 1 heteroatoms. The van der Waals surface area contributed by atoms with Gasteiger partial charge >= 0.3 is 0 Å². The summed E-state index contributed by atoms with van der Waals surface area (Å²) < 4.78 is 0. The van der Waals surface area contributed by atoms with Crippen LogP contribution in [-0.4, -0.2) is 11.3 Å². The Morgan fingerprint density at radius 1 is 1.36 bits per heavy atom. The Labute approximate surface area is 85.6 Å². The highest BCUT2D eigenvalue weighted by Gasteiger charge is 2.44. The van der Waals surface area contributed by atoms with E-state index in [0.29, 0.717) is 5.92 Å². The van der Waals surface area contributed by atoms with E-state index in [-0.39, 0.29) is 5.54 Å². The molecule has 1 nitrogen and oxygen atoms in total. The second-order valence-corrected chi connectivity index (χ2v) is 4.95. The molecule has 1 saturated carbocycles. The number of hydrogen-bond donors (Lipinski definition) is 0. The van der Waals surface area contributed by atoms with E-state index in [0.717, 1.165) is 5.92 Å². The Hall–Kier alpha value is -0.850. The molecule has 1 fully saturated rings. The number of hydrogen-bond acceptors (Lipinski definition) is 1. The number of aliphatic imine (C=N–C) groups is 1. The first kappa shape index (κ1) is 8.46. The van der Waals surface area contributed by atoms with E-state index < -0.39 is 0 Å². The van der Waals surface area contributed by atoms with Gasteiger partial charge in [-0.1, -0.05) is 30.7 Å². The van der Waals surface area contributed by atoms with Gasteiger partial charge in [-0.3, -0.25) is 4.99 Å². The van der Waals surface area contributed by atoms with E-state index >= 15 is 0 Å². The van der Waals surface area contributed by atoms with Crippen LogP contribution in [0.2, 0.25) is 0 Å². The molecule has 0 unspecified atom stereocenters. The minimum Gasteiger partial charge on any atom is -0.283 e. The molecule has 0 N–H and O–H groups in total. The first-order chi connectivity index (χ1) is 6.80. The Morgan fingerprint density at radius 3 is 3.21 bits per heavy atom. The molecule has 3 aliphatic rings. The second-order valence-electron chi connectivity index (χ2n) is 4.95. The van der Waals surface area contributed by atoms with Crippen molar-refractivity contribution in [3.63, 3.8) is 0 Å². The summed E-state index contributed by atoms with van der Waals surface area (Å²) in [6.45, 7) is 2.28. The molecule has 0 spiro atoms. The fraction of sp³-hybridized carbons (Fsp3) is 0.615. The third kappa shape index (κ3) is 1.05. The van der Waals surface area contributed by atoms with Crippen LogP contribution in [0.4, 0.5) is 0 Å². The molecule has 0 radical (unpaired) electrons. The van der Waals surface area contributed by atoms with Crippen molar-refractivity contribution in [2.24, 2.45) is 16.8 Å². The highest BCUT2D eigenvalue weighted by atomic mass is 14.9. The molecule has 0 bridgehead atoms. The van der Waals surface area contributed by atoms with E-state index in [9.17, 15) is 0 Å². The lowest BCUT2D eigenvalue weighted by Crippen LogP contribution is -2.31. The Kier molecular flexibility index (Phi) is 1.70. The smallest absolute Gasteiger partial charge is 0.0830 e. The zero-order valence-electron chi connectivity index (χ0n) is 8.74. The van der Waals surface area contributed by atoms with Crippen LogP contribution >= 0.6 is 0 Å². The fourth-order valence-electron chi connectivity index (χ4n) is 3.25. The lowest BCUT2D eigenvalue weighted by molar-refractivity contribution is 0.363. The van der Waals surface area contributed by atoms with E-state index in [2.05, 4.69) is 31.2 Å². The largest absolute Gasteiger partial charge is 0.283 e. The fourth-order valence-corrected chi connectivity index (χ4v) is 3.25. The van der Waals surface area contributed by atoms with Crippen LogP contribution in [0.15, 0.2) is 29.3 Å². The van der Waals surface area contributed by atoms with E-state index in [4.69, 9.17) is 4.99 Å². The number of allylic oxidation sites excluding steroid dienone is 2. The molecule has 74 valence electrons. The van der Waals surface area contributed by atoms with E-state index in [1.165, 1.54) is 31.4 Å². The highest BCUT2D eigenvalue weighted by molar-refractivity contribution is 5.90. The number of rotatable bonds is 0. The van der Waals surface area contributed by atoms with Crippen LogP contribution in [0.25, 0.3) is 0 Å². The van der Waals surface area contributed by atoms with Gasteiger partial charge in [0.15, 0.2) is 0 Å². The Bertz CT molecular complexity index is 337. The summed E-state index contributed by atoms with van der Waals surface area (Å²) in [6, 6.07) is 0. The van der Waals surface area contributed by atoms with Crippen molar-refractivity contribution < 1.29 is 0 Å². The highest BCUT2D eigenvalue weighted by Crippen LogP contribution is 2.45. The maximum Gasteiger partial charge on any atom is 0.0830 e. The minimum atomic E-state index is 0.0963. The van der Waals surface area contributed by atoms with Crippen molar-refractivity contribution in [1.29, 1.82) is 0 Å². The zero-order chi connectivity index (χ0) is 9.60. The summed E-state index contributed by atoms with van der Waals surface area (Å²) >= 11 is 0. The van der Waals surface area contributed by atoms with Gasteiger partial charge in [0.1, 0.15) is 0 Å². The summed E-state index contributed by atoms with van der Waals surface area (Å²) in [6.07, 6.45) is 14.3. The molecule has 3 atom stereocenters. The lowest BCUT2D eigenvalue weighted by atomic mass is 9.72. The molecule has 0 aromatic heterocycles. The van der Waals surface area contributed by atoms with Gasteiger partial charge in [-0.15, -0.1) is 0 Å². The van der Waals surface area contributed by atoms with Gasteiger partial charge < -0.3 is 0 Å². The van der Waals surface area contributed by atoms with Crippen LogP contribution < -0.4 is 0 Å². The van der Waals surface area contributed by atoms with Crippen molar-refractivity contribution in [1.82, 2.24) is 0 Å². The molecule has 3 rings (SSSR count). The van der Waals surface area contributed by atoms with Gasteiger partial charge in [-0.2, -0.15) is 0 Å². The quantitative estimate of drug-likeness (QED) is 0.552. The van der Waals surface area contributed by atoms with Gasteiger partial charge in [0, 0.05) is 17.5 Å². The standard InChI is InChI=1S/C13H17N/c1-13-9-5-4-7-11(13)10-6-2-3-8-12(10)14-13/h4-5,7,9-11H,2-3,6,8H2,1H3/t10-,11-,13-/m1/s1. The van der Waals surface area contributed by atoms with Crippen molar-refractivity contribution in [2.75, 3.05) is 0 Å². The summed E-state index contributed by atoms with van der Waals surface area (Å²) in [4.78, 5) is 4.94. The summed E-state index contributed by atoms with van der Waals surface area (Å²) in [5.74, 6) is 1.41. The first-order valence-corrected chi connectivity index (χ1v) is 5.74. The minimum absolute atomic E-state index is 0.0963. The second kappa shape index (κ2) is 2.82. The summed E-state index contributed by atoms with van der Waals surface area (Å²) in [5, 5.41) is 0. The van der Waals surface area contributed by atoms with E-state index in [1.54, 1.807) is 0 Å². The summed E-state index contributed by atoms with van der Waals surface area (Å²) in [7, 11) is 0. The number of nitrogens with zero attached hydrogens (tertiary/aromatic N) is 1. The van der Waals surface area contributed by atoms with Crippen LogP contribution in [0, 0.1) is 11.8 Å². The van der Waals surface area contributed by atoms with Gasteiger partial charge in [0.25, 0.3) is 0 Å². The summed E-state index contributed by atoms with van der Waals surface area (Å²) in [5.41, 5.74) is 1.60. The molecule has 2 aliphatic carbocycles. The molecular weight excluding hydrogens is 170 g/mol. The maximum absolute atomic E-state index is 4.94. The van der Waals surface area contributed by atoms with Gasteiger partial charge in [0.2, 0.25) is 0 Å². The average molecular weight is 187 g/mol. The monoisotopic (exact) mass is 187 g/mol. The molecule has 14 heavy (non-hydrogen) atoms. The Morgan fingerprint density at radius 2 is 2.29 bits per heavy atom. The third-order valence-corrected chi connectivity index (χ3v) is 3.98. The molecular formula is C13H17N. The molecule has 0 aromatic rings. The normalized spacial score (nSPS) is 44.5. The SMILES string of the molecule is C[C@@]12C=CC=C[C@@H]1[C@H]1CCCCC1=N2. The molecule has 0 aromatic carbocycles. The van der Waals surface area contributed by atoms with Gasteiger partial charge in [-0.25, -0.2) is 0 Å². The average Bonchev–Trinajstić information content (AvgIpc) is 2.49. The maximum atomic E-state index is 4.94. The lowest BCUT2D eigenvalue weighted by Gasteiger charge is -2.30. The van der Waals surface area contributed by atoms with Crippen LogP contribution in [-0.2, 0) is 0 Å². The van der Waals surface area contributed by atoms with Crippen LogP contribution in [0.3, 0.4) is 0 Å². The topological polar surface area (TPSA) is 12.4 Å². The van der Waals surface area contributed by atoms with Crippen molar-refractivity contribution in [3.8, 4) is 0 Å². The Balaban J connectivity index is 2.01. The van der Waals surface area contributed by atoms with Crippen LogP contribution in [0.5, 0.6) is 0 Å². The molecule has 1 aliphatic heterocycles. The van der Waals surface area contributed by atoms with E-state index in [1.807, 2.05) is 0 Å². The number of fused-ring (bicyclic) bond motifs is 3. The third-order valence-electron chi connectivity index (χ3n) is 3.98.